The molecule has 4 rings (SSSR count). The fourth-order valence-electron chi connectivity index (χ4n) is 4.24. The van der Waals surface area contributed by atoms with E-state index in [-0.39, 0.29) is 24.1 Å². The van der Waals surface area contributed by atoms with Gasteiger partial charge in [0.2, 0.25) is 5.91 Å². The van der Waals surface area contributed by atoms with Crippen LogP contribution in [0, 0.1) is 0 Å². The summed E-state index contributed by atoms with van der Waals surface area (Å²) in [6.45, 7) is 4.52. The molecule has 1 atom stereocenters. The maximum atomic E-state index is 13.2. The molecule has 3 aliphatic rings. The summed E-state index contributed by atoms with van der Waals surface area (Å²) in [7, 11) is 0. The molecule has 0 aromatic heterocycles. The van der Waals surface area contributed by atoms with Gasteiger partial charge >= 0.3 is 0 Å². The lowest BCUT2D eigenvalue weighted by Gasteiger charge is -2.38. The van der Waals surface area contributed by atoms with Crippen LogP contribution in [0.25, 0.3) is 0 Å². The zero-order valence-electron chi connectivity index (χ0n) is 15.3. The molecule has 0 bridgehead atoms. The number of benzene rings is 1. The molecule has 0 N–H and O–H groups in total. The van der Waals surface area contributed by atoms with Crippen LogP contribution in [0.15, 0.2) is 18.2 Å². The molecule has 2 amide bonds. The first-order chi connectivity index (χ1) is 12.7. The third-order valence-electron chi connectivity index (χ3n) is 5.60. The van der Waals surface area contributed by atoms with Crippen LogP contribution in [0.3, 0.4) is 0 Å². The van der Waals surface area contributed by atoms with Crippen molar-refractivity contribution in [1.29, 1.82) is 0 Å². The van der Waals surface area contributed by atoms with E-state index in [2.05, 4.69) is 0 Å². The quantitative estimate of drug-likeness (QED) is 0.832. The van der Waals surface area contributed by atoms with Crippen molar-refractivity contribution in [2.24, 2.45) is 0 Å². The standard InChI is InChI=1S/C20H26N2O4/c1-2-18(23)21-10-8-14-13-15(6-7-16(14)21)19(24)22-9-4-3-5-17(22)20-25-11-12-26-20/h6-7,13,17,20H,2-5,8-12H2,1H3. The van der Waals surface area contributed by atoms with E-state index in [4.69, 9.17) is 9.47 Å². The van der Waals surface area contributed by atoms with Gasteiger partial charge < -0.3 is 19.3 Å². The van der Waals surface area contributed by atoms with E-state index in [1.54, 1.807) is 0 Å². The van der Waals surface area contributed by atoms with E-state index >= 15 is 0 Å². The van der Waals surface area contributed by atoms with Crippen molar-refractivity contribution < 1.29 is 19.1 Å². The summed E-state index contributed by atoms with van der Waals surface area (Å²) in [6, 6.07) is 5.72. The van der Waals surface area contributed by atoms with Crippen molar-refractivity contribution >= 4 is 17.5 Å². The Morgan fingerprint density at radius 3 is 2.73 bits per heavy atom. The molecule has 140 valence electrons. The zero-order valence-corrected chi connectivity index (χ0v) is 15.3. The summed E-state index contributed by atoms with van der Waals surface area (Å²) in [6.07, 6.45) is 4.03. The van der Waals surface area contributed by atoms with Crippen LogP contribution in [0.1, 0.15) is 48.5 Å². The molecule has 1 unspecified atom stereocenters. The fraction of sp³-hybridized carbons (Fsp3) is 0.600. The molecule has 6 nitrogen and oxygen atoms in total. The first kappa shape index (κ1) is 17.5. The Bertz CT molecular complexity index is 699. The average Bonchev–Trinajstić information content (AvgIpc) is 3.36. The number of nitrogens with zero attached hydrogens (tertiary/aromatic N) is 2. The van der Waals surface area contributed by atoms with Crippen LogP contribution >= 0.6 is 0 Å². The van der Waals surface area contributed by atoms with E-state index in [0.29, 0.717) is 31.7 Å². The van der Waals surface area contributed by atoms with Crippen molar-refractivity contribution in [2.45, 2.75) is 51.4 Å². The molecular formula is C20H26N2O4. The van der Waals surface area contributed by atoms with E-state index in [1.165, 1.54) is 0 Å². The number of carbonyl (C=O) groups excluding carboxylic acids is 2. The van der Waals surface area contributed by atoms with Gasteiger partial charge in [0.05, 0.1) is 19.3 Å². The normalized spacial score (nSPS) is 23.3. The van der Waals surface area contributed by atoms with Crippen molar-refractivity contribution in [3.63, 3.8) is 0 Å². The molecule has 2 saturated heterocycles. The maximum Gasteiger partial charge on any atom is 0.254 e. The topological polar surface area (TPSA) is 59.1 Å². The number of hydrogen-bond acceptors (Lipinski definition) is 4. The smallest absolute Gasteiger partial charge is 0.254 e. The summed E-state index contributed by atoms with van der Waals surface area (Å²) in [4.78, 5) is 29.0. The lowest BCUT2D eigenvalue weighted by Crippen LogP contribution is -2.50. The Morgan fingerprint density at radius 2 is 1.96 bits per heavy atom. The number of ether oxygens (including phenoxy) is 2. The third kappa shape index (κ3) is 3.12. The van der Waals surface area contributed by atoms with E-state index in [9.17, 15) is 9.59 Å². The Hall–Kier alpha value is -1.92. The Labute approximate surface area is 154 Å². The lowest BCUT2D eigenvalue weighted by molar-refractivity contribution is -0.118. The molecule has 3 heterocycles. The first-order valence-corrected chi connectivity index (χ1v) is 9.66. The Balaban J connectivity index is 1.55. The second-order valence-electron chi connectivity index (χ2n) is 7.16. The number of piperidine rings is 1. The van der Waals surface area contributed by atoms with Gasteiger partial charge in [-0.15, -0.1) is 0 Å². The molecule has 6 heteroatoms. The number of anilines is 1. The van der Waals surface area contributed by atoms with Gasteiger partial charge in [0.1, 0.15) is 0 Å². The van der Waals surface area contributed by atoms with Crippen LogP contribution in [0.2, 0.25) is 0 Å². The average molecular weight is 358 g/mol. The summed E-state index contributed by atoms with van der Waals surface area (Å²) in [5, 5.41) is 0. The molecule has 0 spiro atoms. The number of fused-ring (bicyclic) bond motifs is 1. The van der Waals surface area contributed by atoms with Crippen molar-refractivity contribution in [3.05, 3.63) is 29.3 Å². The largest absolute Gasteiger partial charge is 0.348 e. The van der Waals surface area contributed by atoms with Crippen molar-refractivity contribution in [3.8, 4) is 0 Å². The van der Waals surface area contributed by atoms with Gasteiger partial charge in [0, 0.05) is 30.8 Å². The summed E-state index contributed by atoms with van der Waals surface area (Å²) in [5.74, 6) is 0.173. The van der Waals surface area contributed by atoms with Crippen LogP contribution in [-0.2, 0) is 20.7 Å². The predicted octanol–water partition coefficient (Wildman–Crippen LogP) is 2.35. The SMILES string of the molecule is CCC(=O)N1CCc2cc(C(=O)N3CCCCC3C3OCCO3)ccc21. The highest BCUT2D eigenvalue weighted by molar-refractivity contribution is 5.98. The van der Waals surface area contributed by atoms with Crippen LogP contribution in [-0.4, -0.2) is 55.3 Å². The Morgan fingerprint density at radius 1 is 1.15 bits per heavy atom. The van der Waals surface area contributed by atoms with Crippen LogP contribution < -0.4 is 4.90 Å². The highest BCUT2D eigenvalue weighted by Crippen LogP contribution is 2.31. The van der Waals surface area contributed by atoms with Gasteiger partial charge in [0.15, 0.2) is 6.29 Å². The number of rotatable bonds is 3. The molecule has 0 radical (unpaired) electrons. The molecule has 3 aliphatic heterocycles. The van der Waals surface area contributed by atoms with Gasteiger partial charge in [0.25, 0.3) is 5.91 Å². The van der Waals surface area contributed by atoms with Crippen LogP contribution in [0.4, 0.5) is 5.69 Å². The van der Waals surface area contributed by atoms with Crippen LogP contribution in [0.5, 0.6) is 0 Å². The third-order valence-corrected chi connectivity index (χ3v) is 5.60. The minimum Gasteiger partial charge on any atom is -0.348 e. The Kier molecular flexibility index (Phi) is 4.96. The number of carbonyl (C=O) groups is 2. The first-order valence-electron chi connectivity index (χ1n) is 9.66. The van der Waals surface area contributed by atoms with Gasteiger partial charge in [-0.25, -0.2) is 0 Å². The zero-order chi connectivity index (χ0) is 18.1. The number of hydrogen-bond donors (Lipinski definition) is 0. The van der Waals surface area contributed by atoms with E-state index in [0.717, 1.165) is 43.5 Å². The molecule has 0 saturated carbocycles. The second-order valence-corrected chi connectivity index (χ2v) is 7.16. The lowest BCUT2D eigenvalue weighted by atomic mass is 9.99. The second kappa shape index (κ2) is 7.37. The van der Waals surface area contributed by atoms with E-state index < -0.39 is 0 Å². The predicted molar refractivity (Wildman–Crippen MR) is 97.2 cm³/mol. The molecule has 26 heavy (non-hydrogen) atoms. The highest BCUT2D eigenvalue weighted by Gasteiger charge is 2.37. The van der Waals surface area contributed by atoms with Crippen molar-refractivity contribution in [1.82, 2.24) is 4.90 Å². The van der Waals surface area contributed by atoms with Crippen molar-refractivity contribution in [2.75, 3.05) is 31.2 Å². The molecule has 1 aromatic rings. The molecule has 1 aromatic carbocycles. The summed E-state index contributed by atoms with van der Waals surface area (Å²) >= 11 is 0. The van der Waals surface area contributed by atoms with Gasteiger partial charge in [-0.1, -0.05) is 6.92 Å². The molecule has 0 aliphatic carbocycles. The number of likely N-dealkylation sites (tertiary alicyclic amines) is 1. The number of amides is 2. The highest BCUT2D eigenvalue weighted by atomic mass is 16.7. The summed E-state index contributed by atoms with van der Waals surface area (Å²) < 4.78 is 11.4. The monoisotopic (exact) mass is 358 g/mol. The van der Waals surface area contributed by atoms with Gasteiger partial charge in [-0.3, -0.25) is 9.59 Å². The van der Waals surface area contributed by atoms with E-state index in [1.807, 2.05) is 34.9 Å². The molecular weight excluding hydrogens is 332 g/mol. The molecule has 2 fully saturated rings. The minimum atomic E-state index is -0.300. The maximum absolute atomic E-state index is 13.2. The van der Waals surface area contributed by atoms with Gasteiger partial charge in [-0.05, 0) is 49.4 Å². The summed E-state index contributed by atoms with van der Waals surface area (Å²) in [5.41, 5.74) is 2.73. The minimum absolute atomic E-state index is 0.00910. The van der Waals surface area contributed by atoms with Gasteiger partial charge in [-0.2, -0.15) is 0 Å². The fourth-order valence-corrected chi connectivity index (χ4v) is 4.24.